The number of hydrogen-bond acceptors (Lipinski definition) is 7. The number of aromatic nitrogens is 2. The zero-order valence-electron chi connectivity index (χ0n) is 19.1. The molecule has 2 aromatic carbocycles. The normalized spacial score (nSPS) is 18.9. The van der Waals surface area contributed by atoms with Gasteiger partial charge in [-0.25, -0.2) is 4.68 Å². The molecule has 1 atom stereocenters. The Morgan fingerprint density at radius 2 is 1.85 bits per heavy atom. The quantitative estimate of drug-likeness (QED) is 0.337. The Morgan fingerprint density at radius 3 is 2.50 bits per heavy atom. The number of methoxy groups -OCH3 is 1. The Labute approximate surface area is 198 Å². The maximum absolute atomic E-state index is 12.5. The molecule has 0 bridgehead atoms. The summed E-state index contributed by atoms with van der Waals surface area (Å²) in [6, 6.07) is 14.6. The minimum absolute atomic E-state index is 0.0547. The third kappa shape index (κ3) is 4.91. The van der Waals surface area contributed by atoms with Crippen molar-refractivity contribution in [2.45, 2.75) is 50.6 Å². The number of rotatable bonds is 7. The van der Waals surface area contributed by atoms with E-state index in [1.807, 2.05) is 30.3 Å². The number of ether oxygens (including phenoxy) is 1. The van der Waals surface area contributed by atoms with Crippen molar-refractivity contribution in [3.63, 3.8) is 0 Å². The molecule has 1 unspecified atom stereocenters. The summed E-state index contributed by atoms with van der Waals surface area (Å²) in [6.45, 7) is 0.338. The highest BCUT2D eigenvalue weighted by Gasteiger charge is 2.28. The first-order valence-corrected chi connectivity index (χ1v) is 11.4. The highest BCUT2D eigenvalue weighted by atomic mass is 16.5. The van der Waals surface area contributed by atoms with Crippen LogP contribution in [0.1, 0.15) is 59.4 Å². The van der Waals surface area contributed by atoms with E-state index in [2.05, 4.69) is 5.32 Å². The number of anilines is 1. The predicted octanol–water partition coefficient (Wildman–Crippen LogP) is 2.50. The average Bonchev–Trinajstić information content (AvgIpc) is 3.20. The molecule has 0 saturated heterocycles. The molecule has 0 spiro atoms. The zero-order valence-corrected chi connectivity index (χ0v) is 19.1. The summed E-state index contributed by atoms with van der Waals surface area (Å²) in [5.74, 6) is 0.641. The molecule has 9 heteroatoms. The van der Waals surface area contributed by atoms with Crippen LogP contribution in [0.4, 0.5) is 5.82 Å². The van der Waals surface area contributed by atoms with Crippen molar-refractivity contribution in [1.29, 1.82) is 0 Å². The van der Waals surface area contributed by atoms with Crippen molar-refractivity contribution in [2.24, 2.45) is 5.73 Å². The first-order chi connectivity index (χ1) is 16.4. The smallest absolute Gasteiger partial charge is 0.255 e. The number of aliphatic hydroxyl groups excluding tert-OH is 2. The average molecular weight is 466 g/mol. The van der Waals surface area contributed by atoms with Crippen LogP contribution in [-0.2, 0) is 6.54 Å². The van der Waals surface area contributed by atoms with Gasteiger partial charge in [-0.15, -0.1) is 0 Å². The minimum Gasteiger partial charge on any atom is -0.496 e. The summed E-state index contributed by atoms with van der Waals surface area (Å²) in [7, 11) is 1.53. The van der Waals surface area contributed by atoms with Crippen molar-refractivity contribution in [2.75, 3.05) is 12.8 Å². The van der Waals surface area contributed by atoms with Crippen LogP contribution in [0.3, 0.4) is 0 Å². The van der Waals surface area contributed by atoms with Crippen LogP contribution < -0.4 is 21.5 Å². The maximum Gasteiger partial charge on any atom is 0.255 e. The van der Waals surface area contributed by atoms with Gasteiger partial charge in [-0.2, -0.15) is 5.10 Å². The van der Waals surface area contributed by atoms with E-state index >= 15 is 0 Å². The molecule has 9 nitrogen and oxygen atoms in total. The second kappa shape index (κ2) is 10.3. The summed E-state index contributed by atoms with van der Waals surface area (Å²) < 4.78 is 6.98. The third-order valence-corrected chi connectivity index (χ3v) is 6.33. The number of amides is 1. The van der Waals surface area contributed by atoms with E-state index in [9.17, 15) is 15.0 Å². The molecule has 1 heterocycles. The van der Waals surface area contributed by atoms with Crippen LogP contribution in [0.25, 0.3) is 11.3 Å². The Kier molecular flexibility index (Phi) is 7.16. The van der Waals surface area contributed by atoms with Crippen LogP contribution in [0, 0.1) is 0 Å². The van der Waals surface area contributed by atoms with Gasteiger partial charge in [0.15, 0.2) is 0 Å². The van der Waals surface area contributed by atoms with Gasteiger partial charge in [0.05, 0.1) is 30.4 Å². The largest absolute Gasteiger partial charge is 0.496 e. The summed E-state index contributed by atoms with van der Waals surface area (Å²) in [5.41, 5.74) is 15.2. The van der Waals surface area contributed by atoms with E-state index in [1.165, 1.54) is 7.11 Å². The van der Waals surface area contributed by atoms with Crippen LogP contribution >= 0.6 is 0 Å². The van der Waals surface area contributed by atoms with E-state index in [4.69, 9.17) is 21.3 Å². The van der Waals surface area contributed by atoms with Gasteiger partial charge >= 0.3 is 0 Å². The second-order valence-corrected chi connectivity index (χ2v) is 8.58. The first-order valence-electron chi connectivity index (χ1n) is 11.4. The van der Waals surface area contributed by atoms with Crippen LogP contribution in [-0.4, -0.2) is 39.1 Å². The number of aliphatic hydroxyl groups is 2. The van der Waals surface area contributed by atoms with E-state index in [0.717, 1.165) is 24.0 Å². The monoisotopic (exact) mass is 465 g/mol. The molecule has 1 saturated carbocycles. The Bertz CT molecular complexity index is 1130. The molecule has 0 radical (unpaired) electrons. The number of nitrogens with one attached hydrogen (secondary N) is 1. The Balaban J connectivity index is 1.51. The predicted molar refractivity (Wildman–Crippen MR) is 129 cm³/mol. The molecule has 1 aliphatic rings. The molecule has 34 heavy (non-hydrogen) atoms. The molecule has 1 aromatic heterocycles. The Morgan fingerprint density at radius 1 is 1.18 bits per heavy atom. The number of nitrogens with two attached hydrogens (primary N) is 2. The summed E-state index contributed by atoms with van der Waals surface area (Å²) >= 11 is 0. The number of nitrogens with zero attached hydrogens (tertiary/aromatic N) is 2. The van der Waals surface area contributed by atoms with Gasteiger partial charge in [-0.3, -0.25) is 4.79 Å². The summed E-state index contributed by atoms with van der Waals surface area (Å²) in [6.07, 6.45) is 1.35. The maximum atomic E-state index is 12.5. The molecular formula is C25H31N5O4. The lowest BCUT2D eigenvalue weighted by atomic mass is 9.93. The number of para-hydroxylation sites is 1. The number of nitrogen functional groups attached to an aromatic ring is 1. The van der Waals surface area contributed by atoms with Gasteiger partial charge in [0.1, 0.15) is 23.5 Å². The first kappa shape index (κ1) is 23.7. The number of carbonyl (C=O) groups is 1. The molecule has 3 aromatic rings. The molecule has 1 amide bonds. The van der Waals surface area contributed by atoms with E-state index in [-0.39, 0.29) is 18.1 Å². The molecule has 1 aliphatic carbocycles. The van der Waals surface area contributed by atoms with Gasteiger partial charge < -0.3 is 31.7 Å². The lowest BCUT2D eigenvalue weighted by Gasteiger charge is -2.26. The molecule has 7 N–H and O–H groups in total. The fourth-order valence-corrected chi connectivity index (χ4v) is 4.44. The van der Waals surface area contributed by atoms with Crippen molar-refractivity contribution in [3.05, 3.63) is 65.2 Å². The lowest BCUT2D eigenvalue weighted by Crippen LogP contribution is -2.23. The van der Waals surface area contributed by atoms with Crippen LogP contribution in [0.5, 0.6) is 5.75 Å². The SMILES string of the molecule is COc1ccccc1C(=O)NCc1ccc(-c2nn(C3CCC(O)CC3)c(N)c2C(N)O)cc1. The number of carbonyl (C=O) groups excluding carboxylic acids is 1. The summed E-state index contributed by atoms with van der Waals surface area (Å²) in [5, 5.41) is 27.6. The van der Waals surface area contributed by atoms with Crippen LogP contribution in [0.2, 0.25) is 0 Å². The van der Waals surface area contributed by atoms with Gasteiger partial charge in [-0.05, 0) is 43.4 Å². The lowest BCUT2D eigenvalue weighted by molar-refractivity contribution is 0.0947. The minimum atomic E-state index is -1.27. The van der Waals surface area contributed by atoms with Crippen LogP contribution in [0.15, 0.2) is 48.5 Å². The van der Waals surface area contributed by atoms with Gasteiger partial charge in [0.25, 0.3) is 5.91 Å². The summed E-state index contributed by atoms with van der Waals surface area (Å²) in [4.78, 5) is 12.5. The van der Waals surface area contributed by atoms with Gasteiger partial charge in [0.2, 0.25) is 0 Å². The fourth-order valence-electron chi connectivity index (χ4n) is 4.44. The highest BCUT2D eigenvalue weighted by Crippen LogP contribution is 2.36. The zero-order chi connectivity index (χ0) is 24.2. The number of hydrogen-bond donors (Lipinski definition) is 5. The topological polar surface area (TPSA) is 149 Å². The van der Waals surface area contributed by atoms with E-state index in [1.54, 1.807) is 22.9 Å². The van der Waals surface area contributed by atoms with Crippen molar-refractivity contribution >= 4 is 11.7 Å². The third-order valence-electron chi connectivity index (χ3n) is 6.33. The van der Waals surface area contributed by atoms with Crippen molar-refractivity contribution in [1.82, 2.24) is 15.1 Å². The molecule has 0 aliphatic heterocycles. The van der Waals surface area contributed by atoms with Gasteiger partial charge in [-0.1, -0.05) is 36.4 Å². The van der Waals surface area contributed by atoms with Gasteiger partial charge in [0, 0.05) is 12.1 Å². The second-order valence-electron chi connectivity index (χ2n) is 8.58. The molecule has 180 valence electrons. The Hall–Kier alpha value is -3.40. The van der Waals surface area contributed by atoms with Crippen molar-refractivity contribution in [3.8, 4) is 17.0 Å². The highest BCUT2D eigenvalue weighted by molar-refractivity contribution is 5.96. The standard InChI is InChI=1S/C25H31N5O4/c1-34-20-5-3-2-4-19(20)25(33)28-14-15-6-8-16(9-7-15)22-21(24(27)32)23(26)30(29-22)17-10-12-18(31)13-11-17/h2-9,17-18,24,31-32H,10-14,26-27H2,1H3,(H,28,33). The van der Waals surface area contributed by atoms with E-state index < -0.39 is 6.23 Å². The molecule has 4 rings (SSSR count). The van der Waals surface area contributed by atoms with E-state index in [0.29, 0.717) is 47.8 Å². The molecular weight excluding hydrogens is 434 g/mol. The van der Waals surface area contributed by atoms with Crippen molar-refractivity contribution < 1.29 is 19.7 Å². The number of benzene rings is 2. The fraction of sp³-hybridized carbons (Fsp3) is 0.360. The molecule has 1 fully saturated rings.